The lowest BCUT2D eigenvalue weighted by Gasteiger charge is -2.45. The fraction of sp³-hybridized carbons (Fsp3) is 1.00. The largest absolute Gasteiger partial charge is 0.300 e. The van der Waals surface area contributed by atoms with Crippen LogP contribution in [0.5, 0.6) is 0 Å². The Bertz CT molecular complexity index is 114. The molecule has 66 valence electrons. The van der Waals surface area contributed by atoms with Crippen molar-refractivity contribution in [3.63, 3.8) is 0 Å². The van der Waals surface area contributed by atoms with E-state index in [1.165, 1.54) is 19.5 Å². The Morgan fingerprint density at radius 2 is 1.82 bits per heavy atom. The van der Waals surface area contributed by atoms with E-state index in [2.05, 4.69) is 32.6 Å². The van der Waals surface area contributed by atoms with E-state index in [1.54, 1.807) is 0 Å². The van der Waals surface area contributed by atoms with Crippen molar-refractivity contribution in [1.82, 2.24) is 4.90 Å². The zero-order valence-corrected chi connectivity index (χ0v) is 8.30. The van der Waals surface area contributed by atoms with Crippen molar-refractivity contribution in [2.24, 2.45) is 11.8 Å². The van der Waals surface area contributed by atoms with Crippen molar-refractivity contribution in [2.75, 3.05) is 13.1 Å². The second kappa shape index (κ2) is 3.57. The monoisotopic (exact) mass is 155 g/mol. The normalized spacial score (nSPS) is 23.7. The van der Waals surface area contributed by atoms with Crippen LogP contribution in [0.25, 0.3) is 0 Å². The SMILES string of the molecule is CCC(C)N1CC(C(C)C)C1. The van der Waals surface area contributed by atoms with Gasteiger partial charge in [-0.25, -0.2) is 0 Å². The molecule has 0 N–H and O–H groups in total. The molecule has 0 aromatic carbocycles. The van der Waals surface area contributed by atoms with Crippen LogP contribution in [0.2, 0.25) is 0 Å². The average Bonchev–Trinajstić information content (AvgIpc) is 1.83. The molecule has 1 rings (SSSR count). The van der Waals surface area contributed by atoms with Crippen molar-refractivity contribution >= 4 is 0 Å². The maximum atomic E-state index is 2.59. The fourth-order valence-electron chi connectivity index (χ4n) is 1.59. The van der Waals surface area contributed by atoms with Crippen molar-refractivity contribution in [1.29, 1.82) is 0 Å². The summed E-state index contributed by atoms with van der Waals surface area (Å²) < 4.78 is 0. The van der Waals surface area contributed by atoms with E-state index < -0.39 is 0 Å². The first kappa shape index (κ1) is 9.05. The molecule has 0 bridgehead atoms. The third-order valence-corrected chi connectivity index (χ3v) is 3.10. The Labute approximate surface area is 70.8 Å². The van der Waals surface area contributed by atoms with Crippen LogP contribution in [0.3, 0.4) is 0 Å². The highest BCUT2D eigenvalue weighted by Crippen LogP contribution is 2.25. The molecule has 0 amide bonds. The predicted molar refractivity (Wildman–Crippen MR) is 49.7 cm³/mol. The topological polar surface area (TPSA) is 3.24 Å². The Morgan fingerprint density at radius 3 is 2.18 bits per heavy atom. The number of rotatable bonds is 3. The second-order valence-electron chi connectivity index (χ2n) is 4.22. The zero-order chi connectivity index (χ0) is 8.43. The van der Waals surface area contributed by atoms with Crippen LogP contribution in [-0.2, 0) is 0 Å². The molecule has 0 aromatic rings. The Kier molecular flexibility index (Phi) is 2.94. The summed E-state index contributed by atoms with van der Waals surface area (Å²) in [6.45, 7) is 11.9. The van der Waals surface area contributed by atoms with Gasteiger partial charge in [-0.1, -0.05) is 20.8 Å². The van der Waals surface area contributed by atoms with Crippen molar-refractivity contribution in [3.8, 4) is 0 Å². The minimum absolute atomic E-state index is 0.810. The summed E-state index contributed by atoms with van der Waals surface area (Å²) in [5.41, 5.74) is 0. The summed E-state index contributed by atoms with van der Waals surface area (Å²) in [4.78, 5) is 2.59. The lowest BCUT2D eigenvalue weighted by molar-refractivity contribution is 0.0330. The summed E-state index contributed by atoms with van der Waals surface area (Å²) in [5.74, 6) is 1.86. The third kappa shape index (κ3) is 1.96. The van der Waals surface area contributed by atoms with Crippen molar-refractivity contribution in [3.05, 3.63) is 0 Å². The van der Waals surface area contributed by atoms with E-state index in [0.717, 1.165) is 17.9 Å². The lowest BCUT2D eigenvalue weighted by Crippen LogP contribution is -2.52. The smallest absolute Gasteiger partial charge is 0.00645 e. The van der Waals surface area contributed by atoms with Gasteiger partial charge >= 0.3 is 0 Å². The summed E-state index contributed by atoms with van der Waals surface area (Å²) in [5, 5.41) is 0. The number of nitrogens with zero attached hydrogens (tertiary/aromatic N) is 1. The van der Waals surface area contributed by atoms with Gasteiger partial charge in [0.25, 0.3) is 0 Å². The van der Waals surface area contributed by atoms with Crippen LogP contribution >= 0.6 is 0 Å². The molecule has 1 fully saturated rings. The Hall–Kier alpha value is -0.0400. The highest BCUT2D eigenvalue weighted by Gasteiger charge is 2.30. The van der Waals surface area contributed by atoms with E-state index in [0.29, 0.717) is 0 Å². The second-order valence-corrected chi connectivity index (χ2v) is 4.22. The zero-order valence-electron chi connectivity index (χ0n) is 8.30. The Morgan fingerprint density at radius 1 is 1.27 bits per heavy atom. The van der Waals surface area contributed by atoms with Gasteiger partial charge in [0, 0.05) is 19.1 Å². The van der Waals surface area contributed by atoms with Crippen LogP contribution in [-0.4, -0.2) is 24.0 Å². The maximum absolute atomic E-state index is 2.59. The van der Waals surface area contributed by atoms with E-state index in [-0.39, 0.29) is 0 Å². The van der Waals surface area contributed by atoms with E-state index >= 15 is 0 Å². The van der Waals surface area contributed by atoms with Crippen LogP contribution in [0.15, 0.2) is 0 Å². The minimum atomic E-state index is 0.810. The molecule has 0 radical (unpaired) electrons. The van der Waals surface area contributed by atoms with E-state index in [9.17, 15) is 0 Å². The van der Waals surface area contributed by atoms with Gasteiger partial charge in [0.2, 0.25) is 0 Å². The molecule has 11 heavy (non-hydrogen) atoms. The average molecular weight is 155 g/mol. The number of likely N-dealkylation sites (tertiary alicyclic amines) is 1. The van der Waals surface area contributed by atoms with Gasteiger partial charge in [0.1, 0.15) is 0 Å². The molecule has 1 heterocycles. The molecule has 1 nitrogen and oxygen atoms in total. The van der Waals surface area contributed by atoms with Gasteiger partial charge in [-0.05, 0) is 25.2 Å². The summed E-state index contributed by atoms with van der Waals surface area (Å²) in [7, 11) is 0. The molecule has 0 aromatic heterocycles. The Balaban J connectivity index is 2.18. The maximum Gasteiger partial charge on any atom is 0.00645 e. The standard InChI is InChI=1S/C10H21N/c1-5-9(4)11-6-10(7-11)8(2)3/h8-10H,5-7H2,1-4H3. The summed E-state index contributed by atoms with van der Waals surface area (Å²) >= 11 is 0. The summed E-state index contributed by atoms with van der Waals surface area (Å²) in [6.07, 6.45) is 1.30. The molecule has 1 heteroatoms. The molecule has 0 aliphatic carbocycles. The van der Waals surface area contributed by atoms with Crippen LogP contribution in [0, 0.1) is 11.8 Å². The molecule has 0 spiro atoms. The van der Waals surface area contributed by atoms with Gasteiger partial charge in [0.15, 0.2) is 0 Å². The molecule has 1 saturated heterocycles. The molecule has 1 unspecified atom stereocenters. The van der Waals surface area contributed by atoms with E-state index in [1.807, 2.05) is 0 Å². The van der Waals surface area contributed by atoms with Gasteiger partial charge in [-0.3, -0.25) is 0 Å². The minimum Gasteiger partial charge on any atom is -0.300 e. The highest BCUT2D eigenvalue weighted by atomic mass is 15.2. The molecule has 1 atom stereocenters. The molecular weight excluding hydrogens is 134 g/mol. The molecule has 0 saturated carbocycles. The molecular formula is C10H21N. The van der Waals surface area contributed by atoms with Crippen LogP contribution < -0.4 is 0 Å². The lowest BCUT2D eigenvalue weighted by atomic mass is 9.87. The van der Waals surface area contributed by atoms with Gasteiger partial charge in [-0.15, -0.1) is 0 Å². The van der Waals surface area contributed by atoms with Crippen LogP contribution in [0.1, 0.15) is 34.1 Å². The summed E-state index contributed by atoms with van der Waals surface area (Å²) in [6, 6.07) is 0.810. The first-order valence-corrected chi connectivity index (χ1v) is 4.89. The molecule has 1 aliphatic rings. The predicted octanol–water partition coefficient (Wildman–Crippen LogP) is 2.37. The van der Waals surface area contributed by atoms with Crippen molar-refractivity contribution in [2.45, 2.75) is 40.2 Å². The highest BCUT2D eigenvalue weighted by molar-refractivity contribution is 4.84. The molecule has 1 aliphatic heterocycles. The van der Waals surface area contributed by atoms with Gasteiger partial charge < -0.3 is 4.90 Å². The fourth-order valence-corrected chi connectivity index (χ4v) is 1.59. The van der Waals surface area contributed by atoms with E-state index in [4.69, 9.17) is 0 Å². The first-order valence-electron chi connectivity index (χ1n) is 4.89. The number of hydrogen-bond donors (Lipinski definition) is 0. The number of hydrogen-bond acceptors (Lipinski definition) is 1. The first-order chi connectivity index (χ1) is 5.15. The van der Waals surface area contributed by atoms with Gasteiger partial charge in [-0.2, -0.15) is 0 Å². The van der Waals surface area contributed by atoms with Crippen molar-refractivity contribution < 1.29 is 0 Å². The van der Waals surface area contributed by atoms with Gasteiger partial charge in [0.05, 0.1) is 0 Å². The van der Waals surface area contributed by atoms with Crippen LogP contribution in [0.4, 0.5) is 0 Å². The third-order valence-electron chi connectivity index (χ3n) is 3.10. The quantitative estimate of drug-likeness (QED) is 0.605.